The average Bonchev–Trinajstić information content (AvgIpc) is 2.77. The van der Waals surface area contributed by atoms with Gasteiger partial charge in [0.05, 0.1) is 32.3 Å². The molecule has 2 aromatic rings. The van der Waals surface area contributed by atoms with Crippen LogP contribution in [0.5, 0.6) is 0 Å². The number of anilines is 1. The van der Waals surface area contributed by atoms with E-state index in [1.807, 2.05) is 0 Å². The third kappa shape index (κ3) is 4.79. The fraction of sp³-hybridized carbons (Fsp3) is 0.391. The van der Waals surface area contributed by atoms with Gasteiger partial charge in [0.25, 0.3) is 0 Å². The van der Waals surface area contributed by atoms with E-state index >= 15 is 0 Å². The number of rotatable bonds is 6. The molecule has 2 saturated heterocycles. The van der Waals surface area contributed by atoms with Crippen LogP contribution in [0.1, 0.15) is 15.9 Å². The maximum absolute atomic E-state index is 14.8. The van der Waals surface area contributed by atoms with Crippen LogP contribution >= 0.6 is 0 Å². The van der Waals surface area contributed by atoms with Crippen molar-refractivity contribution in [3.05, 3.63) is 65.2 Å². The van der Waals surface area contributed by atoms with Gasteiger partial charge in [-0.1, -0.05) is 12.1 Å². The molecule has 0 radical (unpaired) electrons. The van der Waals surface area contributed by atoms with E-state index in [0.717, 1.165) is 32.4 Å². The molecule has 2 aliphatic rings. The van der Waals surface area contributed by atoms with Crippen molar-refractivity contribution in [3.63, 3.8) is 0 Å². The van der Waals surface area contributed by atoms with Crippen LogP contribution in [0.15, 0.2) is 42.5 Å². The molecule has 0 bridgehead atoms. The number of nitrogens with zero attached hydrogens (tertiary/aromatic N) is 3. The summed E-state index contributed by atoms with van der Waals surface area (Å²) in [5.74, 6) is -1.39. The molecule has 0 unspecified atom stereocenters. The van der Waals surface area contributed by atoms with E-state index in [1.165, 1.54) is 41.3 Å². The molecule has 0 spiro atoms. The lowest BCUT2D eigenvalue weighted by molar-refractivity contribution is -0.0738. The number of amides is 2. The summed E-state index contributed by atoms with van der Waals surface area (Å²) >= 11 is 0. The number of benzene rings is 2. The summed E-state index contributed by atoms with van der Waals surface area (Å²) in [5, 5.41) is 0. The second-order valence-corrected chi connectivity index (χ2v) is 7.99. The maximum Gasteiger partial charge on any atom is 0.324 e. The molecule has 2 amide bonds. The molecule has 2 aromatic carbocycles. The first-order valence-electron chi connectivity index (χ1n) is 10.6. The van der Waals surface area contributed by atoms with Gasteiger partial charge in [-0.15, -0.1) is 0 Å². The van der Waals surface area contributed by atoms with E-state index in [-0.39, 0.29) is 36.0 Å². The summed E-state index contributed by atoms with van der Waals surface area (Å²) in [4.78, 5) is 30.6. The van der Waals surface area contributed by atoms with Gasteiger partial charge in [-0.2, -0.15) is 0 Å². The van der Waals surface area contributed by atoms with Gasteiger partial charge in [0.2, 0.25) is 0 Å². The van der Waals surface area contributed by atoms with Gasteiger partial charge < -0.3 is 15.4 Å². The van der Waals surface area contributed by atoms with Gasteiger partial charge in [0.1, 0.15) is 11.6 Å². The summed E-state index contributed by atoms with van der Waals surface area (Å²) in [6.45, 7) is 3.73. The highest BCUT2D eigenvalue weighted by molar-refractivity contribution is 5.97. The summed E-state index contributed by atoms with van der Waals surface area (Å²) in [5.41, 5.74) is 6.25. The van der Waals surface area contributed by atoms with E-state index in [9.17, 15) is 18.4 Å². The van der Waals surface area contributed by atoms with E-state index < -0.39 is 11.6 Å². The minimum atomic E-state index is -0.598. The van der Waals surface area contributed by atoms with Crippen LogP contribution in [0.25, 0.3) is 0 Å². The van der Waals surface area contributed by atoms with Crippen molar-refractivity contribution in [2.75, 3.05) is 50.8 Å². The molecule has 170 valence electrons. The van der Waals surface area contributed by atoms with Crippen LogP contribution in [0.2, 0.25) is 0 Å². The van der Waals surface area contributed by atoms with E-state index in [0.29, 0.717) is 24.8 Å². The molecule has 2 aliphatic heterocycles. The zero-order valence-electron chi connectivity index (χ0n) is 17.7. The van der Waals surface area contributed by atoms with Crippen LogP contribution in [0.3, 0.4) is 0 Å². The highest BCUT2D eigenvalue weighted by atomic mass is 19.1. The van der Waals surface area contributed by atoms with Gasteiger partial charge in [0, 0.05) is 43.0 Å². The Morgan fingerprint density at radius 1 is 1.03 bits per heavy atom. The fourth-order valence-electron chi connectivity index (χ4n) is 3.91. The first-order valence-corrected chi connectivity index (χ1v) is 10.6. The monoisotopic (exact) mass is 444 g/mol. The Hall–Kier alpha value is -2.88. The second kappa shape index (κ2) is 9.72. The number of hydrogen-bond acceptors (Lipinski definition) is 5. The van der Waals surface area contributed by atoms with Crippen LogP contribution < -0.4 is 10.6 Å². The number of nitrogens with two attached hydrogens (primary N) is 1. The third-order valence-electron chi connectivity index (χ3n) is 5.98. The molecular formula is C23H26F2N4O3. The van der Waals surface area contributed by atoms with Crippen molar-refractivity contribution in [2.24, 2.45) is 5.73 Å². The Kier molecular flexibility index (Phi) is 6.78. The van der Waals surface area contributed by atoms with Crippen molar-refractivity contribution < 1.29 is 23.1 Å². The second-order valence-electron chi connectivity index (χ2n) is 7.99. The summed E-state index contributed by atoms with van der Waals surface area (Å²) in [6.07, 6.45) is 0. The molecule has 0 aliphatic carbocycles. The molecule has 0 atom stereocenters. The minimum Gasteiger partial charge on any atom is -0.378 e. The zero-order valence-corrected chi connectivity index (χ0v) is 17.7. The Balaban J connectivity index is 1.53. The van der Waals surface area contributed by atoms with E-state index in [2.05, 4.69) is 4.90 Å². The van der Waals surface area contributed by atoms with Crippen LogP contribution in [0, 0.1) is 11.6 Å². The standard InChI is InChI=1S/C23H26F2N4O3/c24-18-3-5-19(6-4-18)29(13-17-2-1-16(11-21(17)25)22(30)12-26)23(31)28-9-7-27(8-10-28)20-14-32-15-20/h1-6,11,20H,7-10,12-15,26H2. The fourth-order valence-corrected chi connectivity index (χ4v) is 3.91. The lowest BCUT2D eigenvalue weighted by Gasteiger charge is -2.43. The smallest absolute Gasteiger partial charge is 0.324 e. The first kappa shape index (κ1) is 22.3. The van der Waals surface area contributed by atoms with Crippen molar-refractivity contribution in [1.82, 2.24) is 9.80 Å². The van der Waals surface area contributed by atoms with Crippen molar-refractivity contribution >= 4 is 17.5 Å². The predicted molar refractivity (Wildman–Crippen MR) is 116 cm³/mol. The Morgan fingerprint density at radius 3 is 2.28 bits per heavy atom. The molecule has 4 rings (SSSR count). The van der Waals surface area contributed by atoms with Crippen LogP contribution in [-0.4, -0.2) is 73.6 Å². The summed E-state index contributed by atoms with van der Waals surface area (Å²) < 4.78 is 33.5. The van der Waals surface area contributed by atoms with Gasteiger partial charge in [-0.3, -0.25) is 14.6 Å². The number of halogens is 2. The Bertz CT molecular complexity index is 974. The van der Waals surface area contributed by atoms with E-state index in [4.69, 9.17) is 10.5 Å². The lowest BCUT2D eigenvalue weighted by atomic mass is 10.1. The minimum absolute atomic E-state index is 0.0515. The number of ketones is 1. The third-order valence-corrected chi connectivity index (χ3v) is 5.98. The normalized spacial score (nSPS) is 17.2. The first-order chi connectivity index (χ1) is 15.5. The largest absolute Gasteiger partial charge is 0.378 e. The predicted octanol–water partition coefficient (Wildman–Crippen LogP) is 2.25. The quantitative estimate of drug-likeness (QED) is 0.692. The van der Waals surface area contributed by atoms with Gasteiger partial charge in [0.15, 0.2) is 5.78 Å². The summed E-state index contributed by atoms with van der Waals surface area (Å²) in [7, 11) is 0. The number of carbonyl (C=O) groups is 2. The summed E-state index contributed by atoms with van der Waals surface area (Å²) in [6, 6.07) is 9.78. The Labute approximate surface area is 185 Å². The SMILES string of the molecule is NCC(=O)c1ccc(CN(C(=O)N2CCN(C3COC3)CC2)c2ccc(F)cc2)c(F)c1. The molecule has 32 heavy (non-hydrogen) atoms. The maximum atomic E-state index is 14.8. The number of ether oxygens (including phenoxy) is 1. The van der Waals surface area contributed by atoms with Crippen LogP contribution in [0.4, 0.5) is 19.3 Å². The van der Waals surface area contributed by atoms with Crippen molar-refractivity contribution in [3.8, 4) is 0 Å². The number of urea groups is 1. The average molecular weight is 444 g/mol. The molecule has 2 heterocycles. The Morgan fingerprint density at radius 2 is 1.72 bits per heavy atom. The number of hydrogen-bond donors (Lipinski definition) is 1. The number of Topliss-reactive ketones (excluding diaryl/α,β-unsaturated/α-hetero) is 1. The molecule has 7 nitrogen and oxygen atoms in total. The molecule has 2 N–H and O–H groups in total. The van der Waals surface area contributed by atoms with E-state index in [1.54, 1.807) is 4.90 Å². The zero-order chi connectivity index (χ0) is 22.7. The highest BCUT2D eigenvalue weighted by Gasteiger charge is 2.32. The lowest BCUT2D eigenvalue weighted by Crippen LogP contribution is -2.59. The molecular weight excluding hydrogens is 418 g/mol. The molecule has 0 saturated carbocycles. The number of piperazine rings is 1. The molecule has 0 aromatic heterocycles. The van der Waals surface area contributed by atoms with Crippen molar-refractivity contribution in [1.29, 1.82) is 0 Å². The number of carbonyl (C=O) groups excluding carboxylic acids is 2. The topological polar surface area (TPSA) is 79.1 Å². The van der Waals surface area contributed by atoms with Crippen molar-refractivity contribution in [2.45, 2.75) is 12.6 Å². The molecule has 9 heteroatoms. The van der Waals surface area contributed by atoms with Gasteiger partial charge >= 0.3 is 6.03 Å². The van der Waals surface area contributed by atoms with Crippen LogP contribution in [-0.2, 0) is 11.3 Å². The van der Waals surface area contributed by atoms with Gasteiger partial charge in [-0.25, -0.2) is 13.6 Å². The molecule has 2 fully saturated rings. The van der Waals surface area contributed by atoms with Gasteiger partial charge in [-0.05, 0) is 30.3 Å². The highest BCUT2D eigenvalue weighted by Crippen LogP contribution is 2.23.